The smallest absolute Gasteiger partial charge is 0.423 e. The van der Waals surface area contributed by atoms with Crippen LogP contribution in [0.4, 0.5) is 13.2 Å². The Morgan fingerprint density at radius 3 is 2.32 bits per heavy atom. The van der Waals surface area contributed by atoms with Crippen molar-refractivity contribution in [2.24, 2.45) is 0 Å². The van der Waals surface area contributed by atoms with Gasteiger partial charge in [0, 0.05) is 35.6 Å². The van der Waals surface area contributed by atoms with Gasteiger partial charge in [-0.2, -0.15) is 18.2 Å². The van der Waals surface area contributed by atoms with E-state index in [1.165, 1.54) is 30.3 Å². The standard InChI is InChI=1S/C27H25Cl2F3N2O3/c1-16-10-18(6-9-23(16)25(35)33-15-17-4-7-22(36-3)8-5-17)24-14-26(27(30,31)32,37-34(24)2)19-11-20(28)13-21(29)12-19/h4-13,24H,14-15H2,1-3H3,(H,33,35). The lowest BCUT2D eigenvalue weighted by atomic mass is 9.85. The number of ether oxygens (including phenoxy) is 1. The summed E-state index contributed by atoms with van der Waals surface area (Å²) in [6, 6.07) is 15.4. The van der Waals surface area contributed by atoms with Crippen LogP contribution in [-0.4, -0.2) is 31.3 Å². The summed E-state index contributed by atoms with van der Waals surface area (Å²) in [6.45, 7) is 2.06. The number of aryl methyl sites for hydroxylation is 1. The van der Waals surface area contributed by atoms with E-state index in [9.17, 15) is 18.0 Å². The van der Waals surface area contributed by atoms with E-state index in [0.29, 0.717) is 23.2 Å². The maximum Gasteiger partial charge on any atom is 0.423 e. The number of amides is 1. The van der Waals surface area contributed by atoms with Crippen LogP contribution in [0, 0.1) is 6.92 Å². The van der Waals surface area contributed by atoms with Crippen LogP contribution in [0.1, 0.15) is 45.1 Å². The van der Waals surface area contributed by atoms with Gasteiger partial charge in [0.05, 0.1) is 13.2 Å². The molecule has 1 fully saturated rings. The highest BCUT2D eigenvalue weighted by atomic mass is 35.5. The number of carbonyl (C=O) groups excluding carboxylic acids is 1. The molecule has 4 rings (SSSR count). The van der Waals surface area contributed by atoms with Crippen LogP contribution in [0.3, 0.4) is 0 Å². The van der Waals surface area contributed by atoms with Crippen molar-refractivity contribution in [3.8, 4) is 5.75 Å². The van der Waals surface area contributed by atoms with Gasteiger partial charge in [-0.05, 0) is 65.6 Å². The number of alkyl halides is 3. The molecule has 0 radical (unpaired) electrons. The average molecular weight is 553 g/mol. The van der Waals surface area contributed by atoms with E-state index in [4.69, 9.17) is 32.8 Å². The fourth-order valence-electron chi connectivity index (χ4n) is 4.53. The fourth-order valence-corrected chi connectivity index (χ4v) is 5.06. The Hall–Kier alpha value is -2.78. The van der Waals surface area contributed by atoms with Gasteiger partial charge in [-0.15, -0.1) is 0 Å². The Morgan fingerprint density at radius 1 is 1.11 bits per heavy atom. The predicted octanol–water partition coefficient (Wildman–Crippen LogP) is 7.01. The number of hydrogen-bond donors (Lipinski definition) is 1. The molecule has 1 N–H and O–H groups in total. The molecular weight excluding hydrogens is 528 g/mol. The van der Waals surface area contributed by atoms with Crippen LogP contribution in [0.2, 0.25) is 10.0 Å². The quantitative estimate of drug-likeness (QED) is 0.357. The van der Waals surface area contributed by atoms with Crippen molar-refractivity contribution in [1.29, 1.82) is 0 Å². The number of carbonyl (C=O) groups is 1. The summed E-state index contributed by atoms with van der Waals surface area (Å²) >= 11 is 12.0. The molecule has 0 bridgehead atoms. The van der Waals surface area contributed by atoms with E-state index < -0.39 is 24.2 Å². The molecule has 2 unspecified atom stereocenters. The second kappa shape index (κ2) is 10.5. The van der Waals surface area contributed by atoms with Crippen LogP contribution in [0.15, 0.2) is 60.7 Å². The Bertz CT molecular complexity index is 1280. The molecule has 2 atom stereocenters. The average Bonchev–Trinajstić information content (AvgIpc) is 3.21. The molecule has 1 aliphatic heterocycles. The third kappa shape index (κ3) is 5.57. The minimum atomic E-state index is -4.74. The second-order valence-electron chi connectivity index (χ2n) is 8.95. The lowest BCUT2D eigenvalue weighted by Crippen LogP contribution is -2.42. The van der Waals surface area contributed by atoms with Crippen molar-refractivity contribution in [1.82, 2.24) is 10.4 Å². The highest BCUT2D eigenvalue weighted by molar-refractivity contribution is 6.34. The SMILES string of the molecule is COc1ccc(CNC(=O)c2ccc(C3CC(c4cc(Cl)cc(Cl)c4)(C(F)(F)F)ON3C)cc2C)cc1. The van der Waals surface area contributed by atoms with E-state index in [0.717, 1.165) is 11.3 Å². The molecule has 5 nitrogen and oxygen atoms in total. The van der Waals surface area contributed by atoms with Crippen molar-refractivity contribution < 1.29 is 27.5 Å². The van der Waals surface area contributed by atoms with Crippen molar-refractivity contribution >= 4 is 29.1 Å². The zero-order valence-electron chi connectivity index (χ0n) is 20.3. The highest BCUT2D eigenvalue weighted by Crippen LogP contribution is 2.54. The maximum atomic E-state index is 14.4. The molecule has 10 heteroatoms. The first-order chi connectivity index (χ1) is 17.4. The first-order valence-corrected chi connectivity index (χ1v) is 12.2. The fraction of sp³-hybridized carbons (Fsp3) is 0.296. The van der Waals surface area contributed by atoms with E-state index >= 15 is 0 Å². The van der Waals surface area contributed by atoms with E-state index in [-0.39, 0.29) is 21.5 Å². The molecule has 3 aromatic carbocycles. The summed E-state index contributed by atoms with van der Waals surface area (Å²) in [5.41, 5.74) is -0.235. The number of hydrogen-bond acceptors (Lipinski definition) is 4. The van der Waals surface area contributed by atoms with E-state index in [2.05, 4.69) is 5.32 Å². The third-order valence-corrected chi connectivity index (χ3v) is 6.93. The number of methoxy groups -OCH3 is 1. The molecule has 0 aliphatic carbocycles. The van der Waals surface area contributed by atoms with Gasteiger partial charge < -0.3 is 10.1 Å². The molecule has 37 heavy (non-hydrogen) atoms. The Kier molecular flexibility index (Phi) is 7.76. The van der Waals surface area contributed by atoms with Crippen LogP contribution in [-0.2, 0) is 17.0 Å². The summed E-state index contributed by atoms with van der Waals surface area (Å²) in [5.74, 6) is 0.435. The molecule has 1 amide bonds. The van der Waals surface area contributed by atoms with Crippen molar-refractivity contribution in [3.63, 3.8) is 0 Å². The Balaban J connectivity index is 1.55. The van der Waals surface area contributed by atoms with Crippen LogP contribution in [0.5, 0.6) is 5.75 Å². The van der Waals surface area contributed by atoms with Gasteiger partial charge in [-0.25, -0.2) is 0 Å². The minimum absolute atomic E-state index is 0.0849. The van der Waals surface area contributed by atoms with E-state index in [1.54, 1.807) is 44.4 Å². The van der Waals surface area contributed by atoms with Gasteiger partial charge >= 0.3 is 6.18 Å². The minimum Gasteiger partial charge on any atom is -0.497 e. The summed E-state index contributed by atoms with van der Waals surface area (Å²) in [6.07, 6.45) is -5.15. The molecule has 0 aromatic heterocycles. The summed E-state index contributed by atoms with van der Waals surface area (Å²) in [5, 5.41) is 4.23. The number of halogens is 5. The van der Waals surface area contributed by atoms with Gasteiger partial charge in [0.25, 0.3) is 5.91 Å². The molecule has 3 aromatic rings. The number of rotatable bonds is 6. The maximum absolute atomic E-state index is 14.4. The van der Waals surface area contributed by atoms with Crippen LogP contribution < -0.4 is 10.1 Å². The lowest BCUT2D eigenvalue weighted by Gasteiger charge is -2.31. The number of hydroxylamine groups is 2. The molecule has 1 aliphatic rings. The van der Waals surface area contributed by atoms with E-state index in [1.807, 2.05) is 12.1 Å². The Labute approximate surface area is 223 Å². The molecule has 1 saturated heterocycles. The first kappa shape index (κ1) is 27.3. The predicted molar refractivity (Wildman–Crippen MR) is 136 cm³/mol. The molecule has 0 saturated carbocycles. The highest BCUT2D eigenvalue weighted by Gasteiger charge is 2.63. The van der Waals surface area contributed by atoms with Gasteiger partial charge in [0.2, 0.25) is 5.60 Å². The van der Waals surface area contributed by atoms with Crippen molar-refractivity contribution in [2.45, 2.75) is 37.7 Å². The number of nitrogens with one attached hydrogen (secondary N) is 1. The second-order valence-corrected chi connectivity index (χ2v) is 9.82. The first-order valence-electron chi connectivity index (χ1n) is 11.4. The lowest BCUT2D eigenvalue weighted by molar-refractivity contribution is -0.322. The molecule has 0 spiro atoms. The molecule has 1 heterocycles. The number of nitrogens with zero attached hydrogens (tertiary/aromatic N) is 1. The van der Waals surface area contributed by atoms with Gasteiger partial charge in [-0.3, -0.25) is 9.63 Å². The molecular formula is C27H25Cl2F3N2O3. The summed E-state index contributed by atoms with van der Waals surface area (Å²) in [7, 11) is 3.03. The zero-order valence-corrected chi connectivity index (χ0v) is 21.8. The van der Waals surface area contributed by atoms with Crippen molar-refractivity contribution in [3.05, 3.63) is 98.5 Å². The molecule has 196 valence electrons. The summed E-state index contributed by atoms with van der Waals surface area (Å²) < 4.78 is 48.5. The number of benzene rings is 3. The van der Waals surface area contributed by atoms with Crippen LogP contribution in [0.25, 0.3) is 0 Å². The normalized spacial score (nSPS) is 20.2. The largest absolute Gasteiger partial charge is 0.497 e. The van der Waals surface area contributed by atoms with Crippen molar-refractivity contribution in [2.75, 3.05) is 14.2 Å². The topological polar surface area (TPSA) is 50.8 Å². The monoisotopic (exact) mass is 552 g/mol. The van der Waals surface area contributed by atoms with Gasteiger partial charge in [0.1, 0.15) is 5.75 Å². The van der Waals surface area contributed by atoms with Gasteiger partial charge in [-0.1, -0.05) is 47.5 Å². The summed E-state index contributed by atoms with van der Waals surface area (Å²) in [4.78, 5) is 18.3. The van der Waals surface area contributed by atoms with Gasteiger partial charge in [0.15, 0.2) is 0 Å². The zero-order chi connectivity index (χ0) is 27.0. The third-order valence-electron chi connectivity index (χ3n) is 6.50. The van der Waals surface area contributed by atoms with Crippen LogP contribution >= 0.6 is 23.2 Å². The Morgan fingerprint density at radius 2 is 1.76 bits per heavy atom.